The zero-order valence-corrected chi connectivity index (χ0v) is 14.6. The predicted molar refractivity (Wildman–Crippen MR) is 102 cm³/mol. The van der Waals surface area contributed by atoms with Gasteiger partial charge in [0, 0.05) is 0 Å². The van der Waals surface area contributed by atoms with E-state index >= 15 is 0 Å². The second-order valence-electron chi connectivity index (χ2n) is 6.46. The van der Waals surface area contributed by atoms with Crippen LogP contribution in [0.4, 0.5) is 0 Å². The molecule has 3 rings (SSSR count). The van der Waals surface area contributed by atoms with Crippen molar-refractivity contribution in [2.24, 2.45) is 0 Å². The van der Waals surface area contributed by atoms with Crippen LogP contribution in [0.3, 0.4) is 0 Å². The van der Waals surface area contributed by atoms with Crippen LogP contribution < -0.4 is 5.32 Å². The van der Waals surface area contributed by atoms with E-state index in [-0.39, 0.29) is 11.9 Å². The summed E-state index contributed by atoms with van der Waals surface area (Å²) in [5, 5.41) is 3.19. The Morgan fingerprint density at radius 3 is 1.60 bits per heavy atom. The van der Waals surface area contributed by atoms with Crippen molar-refractivity contribution < 1.29 is 4.79 Å². The highest BCUT2D eigenvalue weighted by molar-refractivity contribution is 5.91. The van der Waals surface area contributed by atoms with Crippen molar-refractivity contribution in [2.75, 3.05) is 0 Å². The molecule has 3 aromatic rings. The first kappa shape index (κ1) is 17.0. The number of hydrogen-bond donors (Lipinski definition) is 1. The largest absolute Gasteiger partial charge is 0.349 e. The molecule has 0 radical (unpaired) electrons. The maximum absolute atomic E-state index is 13.3. The maximum Gasteiger partial charge on any atom is 0.235 e. The van der Waals surface area contributed by atoms with Gasteiger partial charge in [0.05, 0.1) is 11.5 Å². The Morgan fingerprint density at radius 2 is 1.16 bits per heavy atom. The minimum atomic E-state index is -0.744. The topological polar surface area (TPSA) is 29.1 Å². The Morgan fingerprint density at radius 1 is 0.760 bits per heavy atom. The van der Waals surface area contributed by atoms with Gasteiger partial charge in [-0.2, -0.15) is 0 Å². The molecule has 126 valence electrons. The number of rotatable bonds is 5. The van der Waals surface area contributed by atoms with Gasteiger partial charge >= 0.3 is 0 Å². The highest BCUT2D eigenvalue weighted by Crippen LogP contribution is 2.33. The lowest BCUT2D eigenvalue weighted by Gasteiger charge is -2.31. The van der Waals surface area contributed by atoms with Crippen molar-refractivity contribution >= 4 is 5.91 Å². The van der Waals surface area contributed by atoms with E-state index in [1.807, 2.05) is 105 Å². The molecule has 0 heterocycles. The van der Waals surface area contributed by atoms with Crippen LogP contribution in [0, 0.1) is 0 Å². The number of benzene rings is 3. The average Bonchev–Trinajstić information content (AvgIpc) is 2.69. The van der Waals surface area contributed by atoms with Gasteiger partial charge in [0.25, 0.3) is 0 Å². The summed E-state index contributed by atoms with van der Waals surface area (Å²) in [6.07, 6.45) is 0. The fraction of sp³-hybridized carbons (Fsp3) is 0.174. The molecule has 0 spiro atoms. The van der Waals surface area contributed by atoms with Crippen molar-refractivity contribution in [3.05, 3.63) is 108 Å². The van der Waals surface area contributed by atoms with Crippen LogP contribution >= 0.6 is 0 Å². The van der Waals surface area contributed by atoms with Gasteiger partial charge in [0.1, 0.15) is 0 Å². The third-order valence-corrected chi connectivity index (χ3v) is 4.80. The zero-order chi connectivity index (χ0) is 17.7. The first-order valence-corrected chi connectivity index (χ1v) is 8.59. The molecule has 0 aliphatic heterocycles. The summed E-state index contributed by atoms with van der Waals surface area (Å²) in [4.78, 5) is 13.3. The summed E-state index contributed by atoms with van der Waals surface area (Å²) in [5.74, 6) is 0.00116. The molecule has 2 heteroatoms. The second kappa shape index (κ2) is 7.35. The van der Waals surface area contributed by atoms with E-state index in [4.69, 9.17) is 0 Å². The van der Waals surface area contributed by atoms with E-state index in [0.29, 0.717) is 0 Å². The van der Waals surface area contributed by atoms with Crippen LogP contribution in [-0.2, 0) is 10.2 Å². The molecular weight excluding hydrogens is 306 g/mol. The molecule has 0 saturated carbocycles. The quantitative estimate of drug-likeness (QED) is 0.711. The molecule has 25 heavy (non-hydrogen) atoms. The second-order valence-corrected chi connectivity index (χ2v) is 6.46. The van der Waals surface area contributed by atoms with Crippen LogP contribution in [0.1, 0.15) is 36.6 Å². The smallest absolute Gasteiger partial charge is 0.235 e. The summed E-state index contributed by atoms with van der Waals surface area (Å²) in [6, 6.07) is 29.9. The molecule has 1 atom stereocenters. The minimum Gasteiger partial charge on any atom is -0.349 e. The van der Waals surface area contributed by atoms with Crippen molar-refractivity contribution in [3.63, 3.8) is 0 Å². The van der Waals surface area contributed by atoms with Crippen molar-refractivity contribution in [3.8, 4) is 0 Å². The van der Waals surface area contributed by atoms with Crippen LogP contribution in [0.15, 0.2) is 91.0 Å². The highest BCUT2D eigenvalue weighted by atomic mass is 16.2. The first-order chi connectivity index (χ1) is 12.1. The standard InChI is InChI=1S/C23H23NO/c1-18(19-12-6-3-7-13-19)24-22(25)23(2,20-14-8-4-9-15-20)21-16-10-5-11-17-21/h3-18H,1-2H3,(H,24,25). The van der Waals surface area contributed by atoms with Crippen LogP contribution in [0.2, 0.25) is 0 Å². The molecule has 3 aromatic carbocycles. The van der Waals surface area contributed by atoms with Crippen molar-refractivity contribution in [1.29, 1.82) is 0 Å². The summed E-state index contributed by atoms with van der Waals surface area (Å²) in [5.41, 5.74) is 2.32. The Bertz CT molecular complexity index is 773. The molecule has 0 aliphatic rings. The molecule has 0 fully saturated rings. The van der Waals surface area contributed by atoms with E-state index in [1.165, 1.54) is 0 Å². The molecule has 0 aromatic heterocycles. The summed E-state index contributed by atoms with van der Waals surface area (Å²) in [7, 11) is 0. The van der Waals surface area contributed by atoms with Gasteiger partial charge in [-0.1, -0.05) is 91.0 Å². The fourth-order valence-electron chi connectivity index (χ4n) is 3.14. The van der Waals surface area contributed by atoms with Gasteiger partial charge < -0.3 is 5.32 Å². The van der Waals surface area contributed by atoms with Gasteiger partial charge in [0.2, 0.25) is 5.91 Å². The zero-order valence-electron chi connectivity index (χ0n) is 14.6. The van der Waals surface area contributed by atoms with Gasteiger partial charge in [0.15, 0.2) is 0 Å². The molecule has 0 aliphatic carbocycles. The fourth-order valence-corrected chi connectivity index (χ4v) is 3.14. The molecule has 1 amide bonds. The Kier molecular flexibility index (Phi) is 4.99. The van der Waals surface area contributed by atoms with Crippen molar-refractivity contribution in [1.82, 2.24) is 5.32 Å². The molecular formula is C23H23NO. The van der Waals surface area contributed by atoms with Crippen LogP contribution in [0.5, 0.6) is 0 Å². The number of amides is 1. The third kappa shape index (κ3) is 3.48. The molecule has 2 nitrogen and oxygen atoms in total. The van der Waals surface area contributed by atoms with E-state index in [0.717, 1.165) is 16.7 Å². The lowest BCUT2D eigenvalue weighted by atomic mass is 9.75. The summed E-state index contributed by atoms with van der Waals surface area (Å²) < 4.78 is 0. The summed E-state index contributed by atoms with van der Waals surface area (Å²) in [6.45, 7) is 4.01. The van der Waals surface area contributed by atoms with Crippen LogP contribution in [-0.4, -0.2) is 5.91 Å². The van der Waals surface area contributed by atoms with Gasteiger partial charge in [-0.05, 0) is 30.5 Å². The van der Waals surface area contributed by atoms with Gasteiger partial charge in [-0.15, -0.1) is 0 Å². The highest BCUT2D eigenvalue weighted by Gasteiger charge is 2.37. The lowest BCUT2D eigenvalue weighted by Crippen LogP contribution is -2.44. The number of carbonyl (C=O) groups is 1. The SMILES string of the molecule is CC(NC(=O)C(C)(c1ccccc1)c1ccccc1)c1ccccc1. The summed E-state index contributed by atoms with van der Waals surface area (Å²) >= 11 is 0. The Balaban J connectivity index is 1.96. The van der Waals surface area contributed by atoms with Crippen molar-refractivity contribution in [2.45, 2.75) is 25.3 Å². The molecule has 0 bridgehead atoms. The van der Waals surface area contributed by atoms with E-state index < -0.39 is 5.41 Å². The maximum atomic E-state index is 13.3. The molecule has 1 N–H and O–H groups in total. The number of nitrogens with one attached hydrogen (secondary N) is 1. The first-order valence-electron chi connectivity index (χ1n) is 8.59. The number of carbonyl (C=O) groups excluding carboxylic acids is 1. The Labute approximate surface area is 149 Å². The third-order valence-electron chi connectivity index (χ3n) is 4.80. The minimum absolute atomic E-state index is 0.00116. The van der Waals surface area contributed by atoms with Gasteiger partial charge in [-0.25, -0.2) is 0 Å². The van der Waals surface area contributed by atoms with Gasteiger partial charge in [-0.3, -0.25) is 4.79 Å². The van der Waals surface area contributed by atoms with E-state index in [1.54, 1.807) is 0 Å². The molecule has 1 unspecified atom stereocenters. The van der Waals surface area contributed by atoms with Crippen LogP contribution in [0.25, 0.3) is 0 Å². The Hall–Kier alpha value is -2.87. The number of hydrogen-bond acceptors (Lipinski definition) is 1. The predicted octanol–water partition coefficient (Wildman–Crippen LogP) is 4.87. The van der Waals surface area contributed by atoms with E-state index in [2.05, 4.69) is 5.32 Å². The molecule has 0 saturated heterocycles. The average molecular weight is 329 g/mol. The monoisotopic (exact) mass is 329 g/mol. The van der Waals surface area contributed by atoms with E-state index in [9.17, 15) is 4.79 Å². The normalized spacial score (nSPS) is 12.4. The lowest BCUT2D eigenvalue weighted by molar-refractivity contribution is -0.125.